The first-order valence-corrected chi connectivity index (χ1v) is 6.40. The summed E-state index contributed by atoms with van der Waals surface area (Å²) in [6.45, 7) is 5.32. The Hall–Kier alpha value is -2.35. The van der Waals surface area contributed by atoms with Crippen LogP contribution < -0.4 is 0 Å². The van der Waals surface area contributed by atoms with Crippen molar-refractivity contribution in [2.75, 3.05) is 0 Å². The van der Waals surface area contributed by atoms with Gasteiger partial charge in [-0.05, 0) is 32.4 Å². The first-order chi connectivity index (χ1) is 9.83. The van der Waals surface area contributed by atoms with E-state index in [9.17, 15) is 9.90 Å². The Kier molecular flexibility index (Phi) is 3.99. The lowest BCUT2D eigenvalue weighted by atomic mass is 9.93. The summed E-state index contributed by atoms with van der Waals surface area (Å²) in [5, 5.41) is 23.1. The number of pyridine rings is 1. The zero-order valence-electron chi connectivity index (χ0n) is 12.1. The van der Waals surface area contributed by atoms with Crippen molar-refractivity contribution in [3.63, 3.8) is 0 Å². The van der Waals surface area contributed by atoms with Gasteiger partial charge in [0.05, 0.1) is 5.60 Å². The predicted molar refractivity (Wildman–Crippen MR) is 72.3 cm³/mol. The topological polar surface area (TPSA) is 114 Å². The van der Waals surface area contributed by atoms with Crippen LogP contribution in [0.2, 0.25) is 0 Å². The molecule has 2 heterocycles. The van der Waals surface area contributed by atoms with Crippen molar-refractivity contribution in [2.45, 2.75) is 38.4 Å². The van der Waals surface area contributed by atoms with Crippen LogP contribution in [0, 0.1) is 0 Å². The van der Waals surface area contributed by atoms with Gasteiger partial charge in [-0.1, -0.05) is 11.3 Å². The Morgan fingerprint density at radius 2 is 2.19 bits per heavy atom. The Labute approximate surface area is 121 Å². The number of tetrazole rings is 1. The minimum Gasteiger partial charge on any atom is -0.479 e. The molecule has 8 nitrogen and oxygen atoms in total. The molecule has 0 saturated heterocycles. The highest BCUT2D eigenvalue weighted by molar-refractivity contribution is 5.78. The van der Waals surface area contributed by atoms with E-state index in [2.05, 4.69) is 25.6 Å². The van der Waals surface area contributed by atoms with Crippen LogP contribution in [0.15, 0.2) is 24.5 Å². The normalized spacial score (nSPS) is 14.6. The fraction of sp³-hybridized carbons (Fsp3) is 0.462. The number of aromatic nitrogens is 5. The number of carboxylic acids is 1. The quantitative estimate of drug-likeness (QED) is 0.842. The maximum Gasteiger partial charge on any atom is 0.344 e. The van der Waals surface area contributed by atoms with Gasteiger partial charge in [0, 0.05) is 18.8 Å². The molecule has 0 aromatic carbocycles. The summed E-state index contributed by atoms with van der Waals surface area (Å²) in [5.41, 5.74) is -1.73. The second-order valence-electron chi connectivity index (χ2n) is 5.62. The molecule has 0 aliphatic rings. The monoisotopic (exact) mass is 291 g/mol. The molecule has 112 valence electrons. The first kappa shape index (κ1) is 15.0. The number of carboxylic acid groups (broad SMARTS) is 1. The lowest BCUT2D eigenvalue weighted by molar-refractivity contribution is -0.189. The maximum atomic E-state index is 11.9. The lowest BCUT2D eigenvalue weighted by Crippen LogP contribution is -2.47. The van der Waals surface area contributed by atoms with Crippen molar-refractivity contribution in [3.8, 4) is 0 Å². The number of nitrogens with one attached hydrogen (secondary N) is 1. The minimum absolute atomic E-state index is 0.0196. The summed E-state index contributed by atoms with van der Waals surface area (Å²) in [5.74, 6) is -1.20. The van der Waals surface area contributed by atoms with E-state index in [1.807, 2.05) is 0 Å². The van der Waals surface area contributed by atoms with Gasteiger partial charge in [-0.25, -0.2) is 4.79 Å². The van der Waals surface area contributed by atoms with Crippen molar-refractivity contribution in [1.29, 1.82) is 0 Å². The standard InChI is InChI=1S/C13H17N5O3/c1-12(2,3)21-13(11(19)20,10-15-17-18-16-10)7-9-5-4-6-14-8-9/h4-6,8H,7H2,1-3H3,(H,19,20)(H,15,16,17,18). The molecule has 1 unspecified atom stereocenters. The largest absolute Gasteiger partial charge is 0.479 e. The summed E-state index contributed by atoms with van der Waals surface area (Å²) in [6, 6.07) is 3.51. The second-order valence-corrected chi connectivity index (χ2v) is 5.62. The van der Waals surface area contributed by atoms with E-state index >= 15 is 0 Å². The van der Waals surface area contributed by atoms with Crippen molar-refractivity contribution in [2.24, 2.45) is 0 Å². The van der Waals surface area contributed by atoms with E-state index in [1.54, 1.807) is 45.3 Å². The van der Waals surface area contributed by atoms with Gasteiger partial charge in [0.15, 0.2) is 0 Å². The van der Waals surface area contributed by atoms with Crippen LogP contribution in [0.1, 0.15) is 32.2 Å². The lowest BCUT2D eigenvalue weighted by Gasteiger charge is -2.33. The number of hydrogen-bond donors (Lipinski definition) is 2. The van der Waals surface area contributed by atoms with Crippen molar-refractivity contribution >= 4 is 5.97 Å². The van der Waals surface area contributed by atoms with Crippen LogP contribution in [0.5, 0.6) is 0 Å². The maximum absolute atomic E-state index is 11.9. The van der Waals surface area contributed by atoms with Crippen LogP contribution in [-0.4, -0.2) is 42.3 Å². The summed E-state index contributed by atoms with van der Waals surface area (Å²) in [6.07, 6.45) is 3.25. The molecule has 0 amide bonds. The summed E-state index contributed by atoms with van der Waals surface area (Å²) in [4.78, 5) is 15.9. The smallest absolute Gasteiger partial charge is 0.344 e. The minimum atomic E-state index is -1.73. The molecule has 1 atom stereocenters. The molecule has 0 spiro atoms. The van der Waals surface area contributed by atoms with Gasteiger partial charge < -0.3 is 9.84 Å². The van der Waals surface area contributed by atoms with E-state index in [4.69, 9.17) is 4.74 Å². The van der Waals surface area contributed by atoms with Gasteiger partial charge in [0.2, 0.25) is 11.4 Å². The molecule has 0 aliphatic heterocycles. The molecule has 21 heavy (non-hydrogen) atoms. The third-order valence-electron chi connectivity index (χ3n) is 2.71. The molecule has 2 aromatic heterocycles. The molecule has 2 rings (SSSR count). The average molecular weight is 291 g/mol. The molecule has 2 aromatic rings. The summed E-state index contributed by atoms with van der Waals surface area (Å²) in [7, 11) is 0. The number of carbonyl (C=O) groups is 1. The fourth-order valence-corrected chi connectivity index (χ4v) is 2.02. The molecule has 0 fully saturated rings. The number of hydrogen-bond acceptors (Lipinski definition) is 6. The number of aliphatic carboxylic acids is 1. The van der Waals surface area contributed by atoms with Gasteiger partial charge in [-0.2, -0.15) is 5.21 Å². The Morgan fingerprint density at radius 3 is 2.67 bits per heavy atom. The van der Waals surface area contributed by atoms with E-state index in [-0.39, 0.29) is 12.2 Å². The highest BCUT2D eigenvalue weighted by atomic mass is 16.5. The van der Waals surface area contributed by atoms with Gasteiger partial charge in [-0.3, -0.25) is 4.98 Å². The molecular formula is C13H17N5O3. The number of nitrogens with zero attached hydrogens (tertiary/aromatic N) is 4. The van der Waals surface area contributed by atoms with Gasteiger partial charge >= 0.3 is 5.97 Å². The number of aromatic amines is 1. The van der Waals surface area contributed by atoms with Crippen molar-refractivity contribution < 1.29 is 14.6 Å². The molecule has 0 saturated carbocycles. The SMILES string of the molecule is CC(C)(C)OC(Cc1cccnc1)(C(=O)O)c1nn[nH]n1. The molecule has 8 heteroatoms. The highest BCUT2D eigenvalue weighted by Crippen LogP contribution is 2.32. The number of rotatable bonds is 5. The first-order valence-electron chi connectivity index (χ1n) is 6.40. The zero-order valence-corrected chi connectivity index (χ0v) is 12.1. The van der Waals surface area contributed by atoms with Gasteiger partial charge in [0.1, 0.15) is 0 Å². The third kappa shape index (κ3) is 3.40. The second kappa shape index (κ2) is 5.57. The number of H-pyrrole nitrogens is 1. The average Bonchev–Trinajstić information content (AvgIpc) is 2.91. The van der Waals surface area contributed by atoms with E-state index in [1.165, 1.54) is 0 Å². The molecule has 0 radical (unpaired) electrons. The molecule has 0 bridgehead atoms. The molecule has 2 N–H and O–H groups in total. The number of ether oxygens (including phenoxy) is 1. The van der Waals surface area contributed by atoms with E-state index < -0.39 is 17.2 Å². The van der Waals surface area contributed by atoms with Crippen LogP contribution in [0.4, 0.5) is 0 Å². The summed E-state index contributed by atoms with van der Waals surface area (Å²) < 4.78 is 5.82. The summed E-state index contributed by atoms with van der Waals surface area (Å²) >= 11 is 0. The van der Waals surface area contributed by atoms with Crippen molar-refractivity contribution in [3.05, 3.63) is 35.9 Å². The predicted octanol–water partition coefficient (Wildman–Crippen LogP) is 0.932. The molecular weight excluding hydrogens is 274 g/mol. The Bertz CT molecular complexity index is 594. The highest BCUT2D eigenvalue weighted by Gasteiger charge is 2.48. The Morgan fingerprint density at radius 1 is 1.43 bits per heavy atom. The van der Waals surface area contributed by atoms with Crippen LogP contribution >= 0.6 is 0 Å². The molecule has 0 aliphatic carbocycles. The van der Waals surface area contributed by atoms with Crippen LogP contribution in [0.3, 0.4) is 0 Å². The van der Waals surface area contributed by atoms with E-state index in [0.717, 1.165) is 0 Å². The van der Waals surface area contributed by atoms with Crippen LogP contribution in [-0.2, 0) is 21.6 Å². The van der Waals surface area contributed by atoms with E-state index in [0.29, 0.717) is 5.56 Å². The third-order valence-corrected chi connectivity index (χ3v) is 2.71. The van der Waals surface area contributed by atoms with Gasteiger partial charge in [-0.15, -0.1) is 10.2 Å². The fourth-order valence-electron chi connectivity index (χ4n) is 2.02. The van der Waals surface area contributed by atoms with Crippen molar-refractivity contribution in [1.82, 2.24) is 25.6 Å². The van der Waals surface area contributed by atoms with Gasteiger partial charge in [0.25, 0.3) is 0 Å². The van der Waals surface area contributed by atoms with Crippen LogP contribution in [0.25, 0.3) is 0 Å². The Balaban J connectivity index is 2.48. The zero-order chi connectivity index (χ0) is 15.5.